The molecule has 1 aromatic carbocycles. The molecule has 1 saturated heterocycles. The van der Waals surface area contributed by atoms with E-state index in [1.807, 2.05) is 19.1 Å². The number of halogens is 3. The van der Waals surface area contributed by atoms with E-state index in [1.54, 1.807) is 12.1 Å². The first-order chi connectivity index (χ1) is 14.0. The number of benzene rings is 1. The third-order valence-electron chi connectivity index (χ3n) is 4.71. The van der Waals surface area contributed by atoms with Gasteiger partial charge in [-0.2, -0.15) is 13.2 Å². The summed E-state index contributed by atoms with van der Waals surface area (Å²) in [6, 6.07) is 7.30. The Morgan fingerprint density at radius 3 is 2.41 bits per heavy atom. The maximum atomic E-state index is 12.1. The zero-order valence-corrected chi connectivity index (χ0v) is 17.2. The van der Waals surface area contributed by atoms with E-state index in [1.165, 1.54) is 38.9 Å². The summed E-state index contributed by atoms with van der Waals surface area (Å²) in [6.45, 7) is 6.58. The number of ether oxygens (including phenoxy) is 1. The average molecular weight is 415 g/mol. The number of guanidine groups is 1. The molecule has 0 aliphatic carbocycles. The third kappa shape index (κ3) is 10.5. The van der Waals surface area contributed by atoms with E-state index in [-0.39, 0.29) is 6.61 Å². The van der Waals surface area contributed by atoms with Crippen molar-refractivity contribution in [2.45, 2.75) is 51.9 Å². The molecule has 0 radical (unpaired) electrons. The van der Waals surface area contributed by atoms with Crippen molar-refractivity contribution < 1.29 is 17.9 Å². The van der Waals surface area contributed by atoms with Crippen LogP contribution in [-0.2, 0) is 17.9 Å². The Labute approximate surface area is 171 Å². The molecule has 1 aliphatic rings. The molecule has 164 valence electrons. The molecule has 1 heterocycles. The summed E-state index contributed by atoms with van der Waals surface area (Å²) in [4.78, 5) is 7.11. The second-order valence-corrected chi connectivity index (χ2v) is 7.30. The summed E-state index contributed by atoms with van der Waals surface area (Å²) in [7, 11) is 0. The van der Waals surface area contributed by atoms with Crippen LogP contribution in [0.1, 0.15) is 43.7 Å². The quantitative estimate of drug-likeness (QED) is 0.329. The highest BCUT2D eigenvalue weighted by Gasteiger charge is 2.27. The van der Waals surface area contributed by atoms with Gasteiger partial charge in [0.1, 0.15) is 6.61 Å². The fourth-order valence-electron chi connectivity index (χ4n) is 3.21. The minimum atomic E-state index is -4.29. The summed E-state index contributed by atoms with van der Waals surface area (Å²) in [6.07, 6.45) is 0.657. The van der Waals surface area contributed by atoms with Crippen molar-refractivity contribution in [1.29, 1.82) is 0 Å². The summed E-state index contributed by atoms with van der Waals surface area (Å²) in [5.74, 6) is 0.784. The molecule has 29 heavy (non-hydrogen) atoms. The van der Waals surface area contributed by atoms with Gasteiger partial charge in [0.05, 0.1) is 13.2 Å². The summed E-state index contributed by atoms with van der Waals surface area (Å²) in [5, 5.41) is 6.60. The molecule has 0 spiro atoms. The number of hydrogen-bond acceptors (Lipinski definition) is 3. The van der Waals surface area contributed by atoms with Crippen LogP contribution < -0.4 is 10.6 Å². The van der Waals surface area contributed by atoms with Crippen LogP contribution in [0.3, 0.4) is 0 Å². The number of unbranched alkanes of at least 4 members (excludes halogenated alkanes) is 1. The van der Waals surface area contributed by atoms with Crippen LogP contribution in [0.4, 0.5) is 13.2 Å². The molecule has 1 aromatic rings. The van der Waals surface area contributed by atoms with Gasteiger partial charge in [-0.15, -0.1) is 0 Å². The fraction of sp³-hybridized carbons (Fsp3) is 0.667. The maximum Gasteiger partial charge on any atom is 0.411 e. The van der Waals surface area contributed by atoms with Crippen LogP contribution in [-0.4, -0.2) is 56.4 Å². The van der Waals surface area contributed by atoms with E-state index in [0.29, 0.717) is 12.1 Å². The minimum Gasteiger partial charge on any atom is -0.367 e. The zero-order chi connectivity index (χ0) is 21.0. The first-order valence-corrected chi connectivity index (χ1v) is 10.4. The molecular formula is C21H33F3N4O. The highest BCUT2D eigenvalue weighted by Crippen LogP contribution is 2.16. The van der Waals surface area contributed by atoms with E-state index in [9.17, 15) is 13.2 Å². The summed E-state index contributed by atoms with van der Waals surface area (Å²) < 4.78 is 41.0. The lowest BCUT2D eigenvalue weighted by Gasteiger charge is -2.15. The number of aliphatic imine (C=N–C) groups is 1. The molecular weight excluding hydrogens is 381 g/mol. The standard InChI is InChI=1S/C21H33F3N4O/c1-2-25-20(26-11-3-4-12-28-13-5-6-14-28)27-15-18-7-9-19(10-8-18)16-29-17-21(22,23)24/h7-10H,2-6,11-17H2,1H3,(H2,25,26,27). The van der Waals surface area contributed by atoms with Crippen LogP contribution in [0.2, 0.25) is 0 Å². The highest BCUT2D eigenvalue weighted by molar-refractivity contribution is 5.79. The molecule has 0 aromatic heterocycles. The normalized spacial score (nSPS) is 15.7. The lowest BCUT2D eigenvalue weighted by Crippen LogP contribution is -2.38. The molecule has 0 saturated carbocycles. The van der Waals surface area contributed by atoms with Gasteiger partial charge in [-0.1, -0.05) is 24.3 Å². The molecule has 0 amide bonds. The topological polar surface area (TPSA) is 48.9 Å². The van der Waals surface area contributed by atoms with Crippen molar-refractivity contribution in [2.24, 2.45) is 4.99 Å². The van der Waals surface area contributed by atoms with Crippen molar-refractivity contribution in [1.82, 2.24) is 15.5 Å². The SMILES string of the molecule is CCNC(=NCc1ccc(COCC(F)(F)F)cc1)NCCCCN1CCCC1. The van der Waals surface area contributed by atoms with E-state index < -0.39 is 12.8 Å². The highest BCUT2D eigenvalue weighted by atomic mass is 19.4. The average Bonchev–Trinajstić information content (AvgIpc) is 3.19. The molecule has 1 aliphatic heterocycles. The predicted octanol–water partition coefficient (Wildman–Crippen LogP) is 3.70. The van der Waals surface area contributed by atoms with Gasteiger partial charge in [-0.25, -0.2) is 4.99 Å². The number of rotatable bonds is 11. The lowest BCUT2D eigenvalue weighted by atomic mass is 10.1. The van der Waals surface area contributed by atoms with Crippen LogP contribution in [0.5, 0.6) is 0 Å². The molecule has 0 bridgehead atoms. The monoisotopic (exact) mass is 414 g/mol. The van der Waals surface area contributed by atoms with E-state index in [4.69, 9.17) is 0 Å². The van der Waals surface area contributed by atoms with Crippen LogP contribution in [0.25, 0.3) is 0 Å². The van der Waals surface area contributed by atoms with Crippen molar-refractivity contribution in [2.75, 3.05) is 39.3 Å². The van der Waals surface area contributed by atoms with Gasteiger partial charge in [0.2, 0.25) is 0 Å². The van der Waals surface area contributed by atoms with Gasteiger partial charge in [0.25, 0.3) is 0 Å². The molecule has 0 atom stereocenters. The van der Waals surface area contributed by atoms with Crippen LogP contribution in [0, 0.1) is 0 Å². The van der Waals surface area contributed by atoms with Crippen LogP contribution in [0.15, 0.2) is 29.3 Å². The second-order valence-electron chi connectivity index (χ2n) is 7.30. The Balaban J connectivity index is 1.69. The summed E-state index contributed by atoms with van der Waals surface area (Å²) >= 11 is 0. The van der Waals surface area contributed by atoms with Gasteiger partial charge in [0.15, 0.2) is 5.96 Å². The predicted molar refractivity (Wildman–Crippen MR) is 110 cm³/mol. The van der Waals surface area contributed by atoms with Gasteiger partial charge >= 0.3 is 6.18 Å². The molecule has 0 unspecified atom stereocenters. The Hall–Kier alpha value is -1.80. The van der Waals surface area contributed by atoms with Crippen LogP contribution >= 0.6 is 0 Å². The van der Waals surface area contributed by atoms with Crippen molar-refractivity contribution in [3.05, 3.63) is 35.4 Å². The van der Waals surface area contributed by atoms with E-state index in [2.05, 4.69) is 25.3 Å². The van der Waals surface area contributed by atoms with Gasteiger partial charge in [0, 0.05) is 13.1 Å². The summed E-state index contributed by atoms with van der Waals surface area (Å²) in [5.41, 5.74) is 1.71. The zero-order valence-electron chi connectivity index (χ0n) is 17.2. The Morgan fingerprint density at radius 2 is 1.76 bits per heavy atom. The molecule has 5 nitrogen and oxygen atoms in total. The molecule has 1 fully saturated rings. The minimum absolute atomic E-state index is 0.0509. The second kappa shape index (κ2) is 12.7. The Morgan fingerprint density at radius 1 is 1.07 bits per heavy atom. The first kappa shape index (κ1) is 23.5. The van der Waals surface area contributed by atoms with Crippen molar-refractivity contribution in [3.63, 3.8) is 0 Å². The van der Waals surface area contributed by atoms with Crippen molar-refractivity contribution in [3.8, 4) is 0 Å². The van der Waals surface area contributed by atoms with Gasteiger partial charge < -0.3 is 20.3 Å². The molecule has 2 rings (SSSR count). The van der Waals surface area contributed by atoms with Crippen molar-refractivity contribution >= 4 is 5.96 Å². The smallest absolute Gasteiger partial charge is 0.367 e. The largest absolute Gasteiger partial charge is 0.411 e. The fourth-order valence-corrected chi connectivity index (χ4v) is 3.21. The molecule has 8 heteroatoms. The number of nitrogens with zero attached hydrogens (tertiary/aromatic N) is 2. The molecule has 2 N–H and O–H groups in total. The Bertz CT molecular complexity index is 599. The van der Waals surface area contributed by atoms with E-state index >= 15 is 0 Å². The third-order valence-corrected chi connectivity index (χ3v) is 4.71. The number of alkyl halides is 3. The number of likely N-dealkylation sites (tertiary alicyclic amines) is 1. The Kier molecular flexibility index (Phi) is 10.3. The van der Waals surface area contributed by atoms with E-state index in [0.717, 1.165) is 31.0 Å². The van der Waals surface area contributed by atoms with Gasteiger partial charge in [-0.05, 0) is 63.4 Å². The number of nitrogens with one attached hydrogen (secondary N) is 2. The first-order valence-electron chi connectivity index (χ1n) is 10.4. The van der Waals surface area contributed by atoms with Gasteiger partial charge in [-0.3, -0.25) is 0 Å². The maximum absolute atomic E-state index is 12.1. The lowest BCUT2D eigenvalue weighted by molar-refractivity contribution is -0.176. The number of hydrogen-bond donors (Lipinski definition) is 2.